The fraction of sp³-hybridized carbons (Fsp3) is 0.333. The van der Waals surface area contributed by atoms with E-state index >= 15 is 0 Å². The first-order valence-corrected chi connectivity index (χ1v) is 4.57. The van der Waals surface area contributed by atoms with Crippen LogP contribution >= 0.6 is 0 Å². The van der Waals surface area contributed by atoms with E-state index in [-0.39, 0.29) is 12.1 Å². The standard InChI is InChI=1S/C9H12N4O3/c1-16-9(15)6-2-3-8(13-12-6)11-5-4-7(10)14/h2-3H,4-5H2,1H3,(H2,10,14)(H,11,13). The first kappa shape index (κ1) is 11.9. The van der Waals surface area contributed by atoms with Gasteiger partial charge in [-0.15, -0.1) is 10.2 Å². The monoisotopic (exact) mass is 224 g/mol. The van der Waals surface area contributed by atoms with Crippen molar-refractivity contribution in [1.29, 1.82) is 0 Å². The van der Waals surface area contributed by atoms with Gasteiger partial charge in [0.1, 0.15) is 5.82 Å². The van der Waals surface area contributed by atoms with Crippen LogP contribution in [0, 0.1) is 0 Å². The molecule has 0 fully saturated rings. The maximum atomic E-state index is 11.0. The summed E-state index contributed by atoms with van der Waals surface area (Å²) in [6, 6.07) is 3.05. The van der Waals surface area contributed by atoms with Crippen LogP contribution in [0.3, 0.4) is 0 Å². The van der Waals surface area contributed by atoms with Crippen molar-refractivity contribution in [3.63, 3.8) is 0 Å². The molecule has 1 amide bonds. The topological polar surface area (TPSA) is 107 Å². The maximum Gasteiger partial charge on any atom is 0.358 e. The minimum atomic E-state index is -0.545. The lowest BCUT2D eigenvalue weighted by atomic mass is 10.3. The molecule has 0 aliphatic rings. The lowest BCUT2D eigenvalue weighted by molar-refractivity contribution is -0.117. The number of ether oxygens (including phenoxy) is 1. The third-order valence-electron chi connectivity index (χ3n) is 1.74. The van der Waals surface area contributed by atoms with Crippen LogP contribution in [0.15, 0.2) is 12.1 Å². The number of esters is 1. The number of hydrogen-bond donors (Lipinski definition) is 2. The molecule has 1 heterocycles. The Kier molecular flexibility index (Phi) is 4.19. The van der Waals surface area contributed by atoms with Crippen LogP contribution in [-0.2, 0) is 9.53 Å². The van der Waals surface area contributed by atoms with Crippen LogP contribution in [-0.4, -0.2) is 35.7 Å². The number of hydrogen-bond acceptors (Lipinski definition) is 6. The molecule has 1 aromatic rings. The molecule has 7 heteroatoms. The summed E-state index contributed by atoms with van der Waals surface area (Å²) >= 11 is 0. The second-order valence-electron chi connectivity index (χ2n) is 2.94. The van der Waals surface area contributed by atoms with E-state index in [1.807, 2.05) is 0 Å². The van der Waals surface area contributed by atoms with Crippen molar-refractivity contribution in [2.45, 2.75) is 6.42 Å². The molecule has 0 saturated heterocycles. The van der Waals surface area contributed by atoms with Gasteiger partial charge in [-0.3, -0.25) is 4.79 Å². The molecule has 0 spiro atoms. The molecule has 1 aromatic heterocycles. The maximum absolute atomic E-state index is 11.0. The zero-order valence-electron chi connectivity index (χ0n) is 8.77. The molecule has 0 unspecified atom stereocenters. The number of nitrogens with one attached hydrogen (secondary N) is 1. The molecule has 3 N–H and O–H groups in total. The van der Waals surface area contributed by atoms with Gasteiger partial charge < -0.3 is 15.8 Å². The predicted octanol–water partition coefficient (Wildman–Crippen LogP) is -0.450. The van der Waals surface area contributed by atoms with E-state index in [9.17, 15) is 9.59 Å². The van der Waals surface area contributed by atoms with Crippen molar-refractivity contribution in [3.8, 4) is 0 Å². The Morgan fingerprint density at radius 1 is 1.44 bits per heavy atom. The van der Waals surface area contributed by atoms with Crippen LogP contribution in [0.5, 0.6) is 0 Å². The summed E-state index contributed by atoms with van der Waals surface area (Å²) in [6.45, 7) is 0.377. The zero-order chi connectivity index (χ0) is 12.0. The number of methoxy groups -OCH3 is 1. The summed E-state index contributed by atoms with van der Waals surface area (Å²) in [7, 11) is 1.27. The summed E-state index contributed by atoms with van der Waals surface area (Å²) in [4.78, 5) is 21.5. The van der Waals surface area contributed by atoms with E-state index in [2.05, 4.69) is 20.3 Å². The van der Waals surface area contributed by atoms with Crippen molar-refractivity contribution in [1.82, 2.24) is 10.2 Å². The zero-order valence-corrected chi connectivity index (χ0v) is 8.77. The van der Waals surface area contributed by atoms with E-state index in [0.717, 1.165) is 0 Å². The van der Waals surface area contributed by atoms with Gasteiger partial charge in [0, 0.05) is 13.0 Å². The molecule has 0 bridgehead atoms. The Bertz CT molecular complexity index is 377. The molecular weight excluding hydrogens is 212 g/mol. The highest BCUT2D eigenvalue weighted by atomic mass is 16.5. The summed E-state index contributed by atoms with van der Waals surface area (Å²) in [5, 5.41) is 10.2. The number of primary amides is 1. The number of rotatable bonds is 5. The second-order valence-corrected chi connectivity index (χ2v) is 2.94. The third kappa shape index (κ3) is 3.52. The molecule has 16 heavy (non-hydrogen) atoms. The molecule has 0 saturated carbocycles. The molecule has 1 rings (SSSR count). The Labute approximate surface area is 92.0 Å². The highest BCUT2D eigenvalue weighted by molar-refractivity contribution is 5.86. The van der Waals surface area contributed by atoms with Crippen molar-refractivity contribution in [2.24, 2.45) is 5.73 Å². The van der Waals surface area contributed by atoms with E-state index in [1.54, 1.807) is 6.07 Å². The molecule has 0 aliphatic heterocycles. The fourth-order valence-electron chi connectivity index (χ4n) is 0.954. The highest BCUT2D eigenvalue weighted by Gasteiger charge is 2.07. The van der Waals surface area contributed by atoms with E-state index in [0.29, 0.717) is 12.4 Å². The first-order valence-electron chi connectivity index (χ1n) is 4.57. The number of anilines is 1. The fourth-order valence-corrected chi connectivity index (χ4v) is 0.954. The van der Waals surface area contributed by atoms with E-state index in [4.69, 9.17) is 5.73 Å². The van der Waals surface area contributed by atoms with Gasteiger partial charge in [-0.1, -0.05) is 0 Å². The van der Waals surface area contributed by atoms with Gasteiger partial charge in [0.2, 0.25) is 5.91 Å². The van der Waals surface area contributed by atoms with Gasteiger partial charge in [-0.05, 0) is 12.1 Å². The Hall–Kier alpha value is -2.18. The van der Waals surface area contributed by atoms with Gasteiger partial charge in [-0.2, -0.15) is 0 Å². The van der Waals surface area contributed by atoms with Gasteiger partial charge in [-0.25, -0.2) is 4.79 Å². The SMILES string of the molecule is COC(=O)c1ccc(NCCC(N)=O)nn1. The number of amides is 1. The number of carbonyl (C=O) groups is 2. The van der Waals surface area contributed by atoms with Crippen LogP contribution in [0.2, 0.25) is 0 Å². The Balaban J connectivity index is 2.51. The minimum Gasteiger partial charge on any atom is -0.464 e. The summed E-state index contributed by atoms with van der Waals surface area (Å²) in [5.74, 6) is -0.475. The van der Waals surface area contributed by atoms with Crippen LogP contribution in [0.1, 0.15) is 16.9 Å². The van der Waals surface area contributed by atoms with Gasteiger partial charge >= 0.3 is 5.97 Å². The Morgan fingerprint density at radius 2 is 2.19 bits per heavy atom. The summed E-state index contributed by atoms with van der Waals surface area (Å²) < 4.78 is 4.47. The minimum absolute atomic E-state index is 0.128. The Morgan fingerprint density at radius 3 is 2.69 bits per heavy atom. The number of nitrogens with zero attached hydrogens (tertiary/aromatic N) is 2. The number of nitrogens with two attached hydrogens (primary N) is 1. The molecule has 86 valence electrons. The van der Waals surface area contributed by atoms with Crippen LogP contribution in [0.4, 0.5) is 5.82 Å². The van der Waals surface area contributed by atoms with Gasteiger partial charge in [0.25, 0.3) is 0 Å². The van der Waals surface area contributed by atoms with Crippen LogP contribution < -0.4 is 11.1 Å². The second kappa shape index (κ2) is 5.64. The normalized spacial score (nSPS) is 9.56. The average Bonchev–Trinajstić information content (AvgIpc) is 2.28. The summed E-state index contributed by atoms with van der Waals surface area (Å²) in [5.41, 5.74) is 5.09. The quantitative estimate of drug-likeness (QED) is 0.656. The lowest BCUT2D eigenvalue weighted by Crippen LogP contribution is -2.16. The molecule has 7 nitrogen and oxygen atoms in total. The third-order valence-corrected chi connectivity index (χ3v) is 1.74. The average molecular weight is 224 g/mol. The molecule has 0 radical (unpaired) electrons. The highest BCUT2D eigenvalue weighted by Crippen LogP contribution is 2.02. The van der Waals surface area contributed by atoms with Crippen molar-refractivity contribution in [2.75, 3.05) is 19.0 Å². The van der Waals surface area contributed by atoms with Crippen molar-refractivity contribution in [3.05, 3.63) is 17.8 Å². The molecule has 0 atom stereocenters. The first-order chi connectivity index (χ1) is 7.63. The van der Waals surface area contributed by atoms with Crippen LogP contribution in [0.25, 0.3) is 0 Å². The largest absolute Gasteiger partial charge is 0.464 e. The van der Waals surface area contributed by atoms with Crippen molar-refractivity contribution < 1.29 is 14.3 Å². The van der Waals surface area contributed by atoms with Crippen molar-refractivity contribution >= 4 is 17.7 Å². The number of aromatic nitrogens is 2. The van der Waals surface area contributed by atoms with Gasteiger partial charge in [0.05, 0.1) is 7.11 Å². The lowest BCUT2D eigenvalue weighted by Gasteiger charge is -2.03. The molecule has 0 aromatic carbocycles. The summed E-state index contributed by atoms with van der Waals surface area (Å²) in [6.07, 6.45) is 0.209. The van der Waals surface area contributed by atoms with Gasteiger partial charge in [0.15, 0.2) is 5.69 Å². The van der Waals surface area contributed by atoms with E-state index < -0.39 is 11.9 Å². The number of carbonyl (C=O) groups excluding carboxylic acids is 2. The smallest absolute Gasteiger partial charge is 0.358 e. The predicted molar refractivity (Wildman–Crippen MR) is 55.7 cm³/mol. The van der Waals surface area contributed by atoms with E-state index in [1.165, 1.54) is 13.2 Å². The molecule has 0 aliphatic carbocycles. The molecular formula is C9H12N4O3.